The Morgan fingerprint density at radius 1 is 1.83 bits per heavy atom. The molecule has 0 aliphatic carbocycles. The Balaban J connectivity index is 2.63. The van der Waals surface area contributed by atoms with Gasteiger partial charge in [0.05, 0.1) is 0 Å². The molecule has 0 aliphatic rings. The van der Waals surface area contributed by atoms with Crippen LogP contribution in [-0.2, 0) is 0 Å². The SMILES string of the molecule is [CH2]C(Cl)CCO. The van der Waals surface area contributed by atoms with E-state index in [9.17, 15) is 0 Å². The molecule has 0 saturated heterocycles. The van der Waals surface area contributed by atoms with Crippen molar-refractivity contribution in [2.24, 2.45) is 0 Å². The van der Waals surface area contributed by atoms with Crippen LogP contribution in [0, 0.1) is 6.92 Å². The van der Waals surface area contributed by atoms with E-state index in [2.05, 4.69) is 6.92 Å². The average molecular weight is 108 g/mol. The quantitative estimate of drug-likeness (QED) is 0.518. The molecular formula is C4H8ClO. The van der Waals surface area contributed by atoms with Crippen LogP contribution in [0.4, 0.5) is 0 Å². The first-order valence-corrected chi connectivity index (χ1v) is 2.29. The number of rotatable bonds is 2. The van der Waals surface area contributed by atoms with E-state index in [1.54, 1.807) is 0 Å². The second-order valence-corrected chi connectivity index (χ2v) is 1.73. The Morgan fingerprint density at radius 2 is 2.33 bits per heavy atom. The predicted molar refractivity (Wildman–Crippen MR) is 26.7 cm³/mol. The fourth-order valence-corrected chi connectivity index (χ4v) is 0.238. The lowest BCUT2D eigenvalue weighted by Crippen LogP contribution is -1.93. The van der Waals surface area contributed by atoms with Gasteiger partial charge in [0.15, 0.2) is 0 Å². The molecule has 0 bridgehead atoms. The largest absolute Gasteiger partial charge is 0.396 e. The van der Waals surface area contributed by atoms with Crippen LogP contribution in [0.5, 0.6) is 0 Å². The van der Waals surface area contributed by atoms with Crippen molar-refractivity contribution in [2.75, 3.05) is 6.61 Å². The van der Waals surface area contributed by atoms with Crippen molar-refractivity contribution in [1.82, 2.24) is 0 Å². The molecule has 37 valence electrons. The zero-order chi connectivity index (χ0) is 4.99. The Bertz CT molecular complexity index is 28.7. The van der Waals surface area contributed by atoms with Crippen LogP contribution in [0.3, 0.4) is 0 Å². The number of aliphatic hydroxyl groups excluding tert-OH is 1. The summed E-state index contributed by atoms with van der Waals surface area (Å²) in [4.78, 5) is 0. The molecule has 1 N–H and O–H groups in total. The molecule has 0 amide bonds. The van der Waals surface area contributed by atoms with Gasteiger partial charge in [0.25, 0.3) is 0 Å². The van der Waals surface area contributed by atoms with Gasteiger partial charge < -0.3 is 5.11 Å². The summed E-state index contributed by atoms with van der Waals surface area (Å²) in [5.74, 6) is 0. The third kappa shape index (κ3) is 4.25. The Kier molecular flexibility index (Phi) is 3.58. The third-order valence-electron chi connectivity index (χ3n) is 0.442. The number of hydrogen-bond donors (Lipinski definition) is 1. The summed E-state index contributed by atoms with van der Waals surface area (Å²) in [6.45, 7) is 3.57. The van der Waals surface area contributed by atoms with E-state index in [0.29, 0.717) is 6.42 Å². The highest BCUT2D eigenvalue weighted by atomic mass is 35.5. The first-order valence-electron chi connectivity index (χ1n) is 1.85. The van der Waals surface area contributed by atoms with Crippen molar-refractivity contribution in [3.05, 3.63) is 6.92 Å². The van der Waals surface area contributed by atoms with Crippen LogP contribution in [0.1, 0.15) is 6.42 Å². The van der Waals surface area contributed by atoms with Crippen molar-refractivity contribution in [2.45, 2.75) is 11.8 Å². The molecule has 1 radical (unpaired) electrons. The maximum absolute atomic E-state index is 8.11. The first kappa shape index (κ1) is 6.25. The van der Waals surface area contributed by atoms with Gasteiger partial charge in [-0.05, 0) is 13.3 Å². The summed E-state index contributed by atoms with van der Waals surface area (Å²) < 4.78 is 0. The fourth-order valence-electron chi connectivity index (χ4n) is 0.140. The second kappa shape index (κ2) is 3.44. The van der Waals surface area contributed by atoms with Gasteiger partial charge >= 0.3 is 0 Å². The molecule has 6 heavy (non-hydrogen) atoms. The molecule has 0 heterocycles. The Morgan fingerprint density at radius 3 is 2.33 bits per heavy atom. The molecule has 0 aromatic carbocycles. The van der Waals surface area contributed by atoms with Crippen LogP contribution >= 0.6 is 11.6 Å². The van der Waals surface area contributed by atoms with E-state index < -0.39 is 0 Å². The van der Waals surface area contributed by atoms with Gasteiger partial charge in [0, 0.05) is 12.0 Å². The lowest BCUT2D eigenvalue weighted by atomic mass is 10.4. The topological polar surface area (TPSA) is 20.2 Å². The van der Waals surface area contributed by atoms with E-state index in [4.69, 9.17) is 16.7 Å². The van der Waals surface area contributed by atoms with Crippen LogP contribution < -0.4 is 0 Å². The number of hydrogen-bond acceptors (Lipinski definition) is 1. The molecule has 1 unspecified atom stereocenters. The van der Waals surface area contributed by atoms with Crippen molar-refractivity contribution in [3.8, 4) is 0 Å². The van der Waals surface area contributed by atoms with Gasteiger partial charge in [-0.3, -0.25) is 0 Å². The van der Waals surface area contributed by atoms with Gasteiger partial charge in [-0.25, -0.2) is 0 Å². The molecule has 0 aromatic heterocycles. The maximum atomic E-state index is 8.11. The normalized spacial score (nSPS) is 14.5. The molecule has 1 nitrogen and oxygen atoms in total. The van der Waals surface area contributed by atoms with Crippen molar-refractivity contribution in [1.29, 1.82) is 0 Å². The minimum absolute atomic E-state index is 0.130. The molecule has 0 aliphatic heterocycles. The molecule has 2 heteroatoms. The third-order valence-corrected chi connectivity index (χ3v) is 0.661. The van der Waals surface area contributed by atoms with Crippen molar-refractivity contribution in [3.63, 3.8) is 0 Å². The Labute approximate surface area is 42.9 Å². The lowest BCUT2D eigenvalue weighted by molar-refractivity contribution is 0.290. The summed E-state index contributed by atoms with van der Waals surface area (Å²) in [5, 5.41) is 7.98. The highest BCUT2D eigenvalue weighted by Gasteiger charge is 1.89. The van der Waals surface area contributed by atoms with Gasteiger partial charge in [-0.2, -0.15) is 0 Å². The smallest absolute Gasteiger partial charge is 0.0445 e. The molecule has 0 rings (SSSR count). The average Bonchev–Trinajstić information content (AvgIpc) is 1.35. The van der Waals surface area contributed by atoms with E-state index in [0.717, 1.165) is 0 Å². The number of alkyl halides is 1. The Hall–Kier alpha value is 0.250. The molecule has 0 aromatic rings. The second-order valence-electron chi connectivity index (χ2n) is 1.11. The van der Waals surface area contributed by atoms with E-state index in [1.807, 2.05) is 0 Å². The monoisotopic (exact) mass is 107 g/mol. The molecular weight excluding hydrogens is 99.5 g/mol. The van der Waals surface area contributed by atoms with Crippen LogP contribution in [0.2, 0.25) is 0 Å². The number of halogens is 1. The first-order chi connectivity index (χ1) is 2.77. The van der Waals surface area contributed by atoms with Gasteiger partial charge in [-0.15, -0.1) is 11.6 Å². The van der Waals surface area contributed by atoms with E-state index in [1.165, 1.54) is 0 Å². The van der Waals surface area contributed by atoms with Gasteiger partial charge in [-0.1, -0.05) is 0 Å². The molecule has 0 spiro atoms. The molecule has 0 saturated carbocycles. The summed E-state index contributed by atoms with van der Waals surface area (Å²) in [6, 6.07) is 0. The zero-order valence-electron chi connectivity index (χ0n) is 3.52. The zero-order valence-corrected chi connectivity index (χ0v) is 4.28. The van der Waals surface area contributed by atoms with Gasteiger partial charge in [0.1, 0.15) is 0 Å². The van der Waals surface area contributed by atoms with Crippen molar-refractivity contribution < 1.29 is 5.11 Å². The summed E-state index contributed by atoms with van der Waals surface area (Å²) in [5.41, 5.74) is 0. The minimum Gasteiger partial charge on any atom is -0.396 e. The predicted octanol–water partition coefficient (Wildman–Crippen LogP) is 0.810. The highest BCUT2D eigenvalue weighted by molar-refractivity contribution is 6.21. The van der Waals surface area contributed by atoms with Crippen LogP contribution in [-0.4, -0.2) is 17.1 Å². The van der Waals surface area contributed by atoms with Crippen LogP contribution in [0.25, 0.3) is 0 Å². The standard InChI is InChI=1S/C4H8ClO/c1-4(5)2-3-6/h4,6H,1-3H2. The number of aliphatic hydroxyl groups is 1. The molecule has 1 atom stereocenters. The molecule has 0 fully saturated rings. The van der Waals surface area contributed by atoms with Gasteiger partial charge in [0.2, 0.25) is 0 Å². The summed E-state index contributed by atoms with van der Waals surface area (Å²) in [6.07, 6.45) is 0.585. The van der Waals surface area contributed by atoms with E-state index in [-0.39, 0.29) is 12.0 Å². The summed E-state index contributed by atoms with van der Waals surface area (Å²) in [7, 11) is 0. The maximum Gasteiger partial charge on any atom is 0.0445 e. The van der Waals surface area contributed by atoms with Crippen molar-refractivity contribution >= 4 is 11.6 Å². The minimum atomic E-state index is -0.130. The van der Waals surface area contributed by atoms with Crippen LogP contribution in [0.15, 0.2) is 0 Å². The highest BCUT2D eigenvalue weighted by Crippen LogP contribution is 1.95. The van der Waals surface area contributed by atoms with E-state index >= 15 is 0 Å². The lowest BCUT2D eigenvalue weighted by Gasteiger charge is -1.92. The fraction of sp³-hybridized carbons (Fsp3) is 0.750. The summed E-state index contributed by atoms with van der Waals surface area (Å²) >= 11 is 5.31.